The van der Waals surface area contributed by atoms with Crippen molar-refractivity contribution in [2.45, 2.75) is 33.4 Å². The molecule has 3 N–H and O–H groups in total. The van der Waals surface area contributed by atoms with Gasteiger partial charge in [0.1, 0.15) is 0 Å². The zero-order valence-electron chi connectivity index (χ0n) is 16.3. The lowest BCUT2D eigenvalue weighted by molar-refractivity contribution is -0.132. The summed E-state index contributed by atoms with van der Waals surface area (Å²) in [7, 11) is 4.84. The zero-order valence-corrected chi connectivity index (χ0v) is 17.1. The third-order valence-electron chi connectivity index (χ3n) is 4.11. The van der Waals surface area contributed by atoms with Gasteiger partial charge in [0.2, 0.25) is 11.8 Å². The molecule has 0 aliphatic carbocycles. The summed E-state index contributed by atoms with van der Waals surface area (Å²) < 4.78 is 10.6. The summed E-state index contributed by atoms with van der Waals surface area (Å²) in [6.07, 6.45) is 0. The fourth-order valence-corrected chi connectivity index (χ4v) is 2.26. The third kappa shape index (κ3) is 6.38. The van der Waals surface area contributed by atoms with Gasteiger partial charge in [-0.2, -0.15) is 0 Å². The maximum atomic E-state index is 12.2. The average Bonchev–Trinajstić information content (AvgIpc) is 2.59. The van der Waals surface area contributed by atoms with Crippen LogP contribution in [0.3, 0.4) is 0 Å². The summed E-state index contributed by atoms with van der Waals surface area (Å²) in [6, 6.07) is 3.10. The third-order valence-corrected chi connectivity index (χ3v) is 4.11. The van der Waals surface area contributed by atoms with Gasteiger partial charge >= 0.3 is 0 Å². The topological polar surface area (TPSA) is 93.9 Å². The number of nitrogens with two attached hydrogens (primary N) is 1. The number of nitrogens with one attached hydrogen (secondary N) is 1. The molecule has 0 aliphatic heterocycles. The van der Waals surface area contributed by atoms with E-state index in [0.29, 0.717) is 18.0 Å². The van der Waals surface area contributed by atoms with E-state index < -0.39 is 6.04 Å². The van der Waals surface area contributed by atoms with Crippen LogP contribution in [0.5, 0.6) is 11.5 Å². The molecule has 2 amide bonds. The molecule has 8 heteroatoms. The molecule has 1 aromatic rings. The SMILES string of the molecule is COc1cc(C)c(CN(C)C(=O)CNC(=O)[C@@H](N)C(C)C)cc1OC.Cl. The molecular weight excluding hydrogens is 358 g/mol. The Balaban J connectivity index is 0.00000625. The number of nitrogens with zero attached hydrogens (tertiary/aromatic N) is 1. The average molecular weight is 388 g/mol. The summed E-state index contributed by atoms with van der Waals surface area (Å²) in [5.41, 5.74) is 7.69. The smallest absolute Gasteiger partial charge is 0.242 e. The minimum atomic E-state index is -0.619. The molecule has 0 unspecified atom stereocenters. The van der Waals surface area contributed by atoms with Crippen LogP contribution in [-0.4, -0.2) is 50.6 Å². The van der Waals surface area contributed by atoms with Gasteiger partial charge in [-0.05, 0) is 36.1 Å². The van der Waals surface area contributed by atoms with Gasteiger partial charge in [0.15, 0.2) is 11.5 Å². The summed E-state index contributed by atoms with van der Waals surface area (Å²) in [5, 5.41) is 2.59. The number of amides is 2. The molecule has 0 saturated carbocycles. The van der Waals surface area contributed by atoms with Crippen LogP contribution < -0.4 is 20.5 Å². The van der Waals surface area contributed by atoms with E-state index in [1.165, 1.54) is 0 Å². The number of halogens is 1. The van der Waals surface area contributed by atoms with Crippen LogP contribution in [0.4, 0.5) is 0 Å². The summed E-state index contributed by atoms with van der Waals surface area (Å²) in [6.45, 7) is 5.98. The molecule has 26 heavy (non-hydrogen) atoms. The first-order valence-corrected chi connectivity index (χ1v) is 8.20. The molecule has 0 fully saturated rings. The van der Waals surface area contributed by atoms with Crippen LogP contribution in [0.15, 0.2) is 12.1 Å². The van der Waals surface area contributed by atoms with E-state index in [0.717, 1.165) is 11.1 Å². The van der Waals surface area contributed by atoms with Crippen LogP contribution >= 0.6 is 12.4 Å². The Morgan fingerprint density at radius 1 is 1.19 bits per heavy atom. The molecule has 0 spiro atoms. The van der Waals surface area contributed by atoms with Crippen molar-refractivity contribution < 1.29 is 19.1 Å². The Morgan fingerprint density at radius 2 is 1.73 bits per heavy atom. The molecule has 0 aromatic heterocycles. The quantitative estimate of drug-likeness (QED) is 0.704. The second-order valence-corrected chi connectivity index (χ2v) is 6.37. The van der Waals surface area contributed by atoms with E-state index in [9.17, 15) is 9.59 Å². The number of hydrogen-bond acceptors (Lipinski definition) is 5. The fourth-order valence-electron chi connectivity index (χ4n) is 2.26. The lowest BCUT2D eigenvalue weighted by Crippen LogP contribution is -2.47. The van der Waals surface area contributed by atoms with Gasteiger partial charge in [0.25, 0.3) is 0 Å². The molecule has 7 nitrogen and oxygen atoms in total. The molecule has 0 bridgehead atoms. The van der Waals surface area contributed by atoms with Crippen molar-refractivity contribution in [3.63, 3.8) is 0 Å². The maximum absolute atomic E-state index is 12.2. The van der Waals surface area contributed by atoms with E-state index in [1.807, 2.05) is 32.9 Å². The van der Waals surface area contributed by atoms with E-state index >= 15 is 0 Å². The van der Waals surface area contributed by atoms with Crippen LogP contribution in [-0.2, 0) is 16.1 Å². The van der Waals surface area contributed by atoms with E-state index in [2.05, 4.69) is 5.32 Å². The standard InChI is InChI=1S/C18H29N3O4.ClH/c1-11(2)17(19)18(23)20-9-16(22)21(4)10-13-8-15(25-6)14(24-5)7-12(13)3;/h7-8,11,17H,9-10,19H2,1-6H3,(H,20,23);1H/t17-;/m0./s1. The fraction of sp³-hybridized carbons (Fsp3) is 0.556. The van der Waals surface area contributed by atoms with Crippen LogP contribution in [0.25, 0.3) is 0 Å². The van der Waals surface area contributed by atoms with Gasteiger partial charge in [-0.1, -0.05) is 13.8 Å². The van der Waals surface area contributed by atoms with Crippen molar-refractivity contribution in [3.05, 3.63) is 23.3 Å². The van der Waals surface area contributed by atoms with E-state index in [1.54, 1.807) is 26.2 Å². The first-order valence-electron chi connectivity index (χ1n) is 8.20. The van der Waals surface area contributed by atoms with Crippen LogP contribution in [0, 0.1) is 12.8 Å². The number of likely N-dealkylation sites (N-methyl/N-ethyl adjacent to an activating group) is 1. The lowest BCUT2D eigenvalue weighted by atomic mass is 10.1. The van der Waals surface area contributed by atoms with Gasteiger partial charge in [0.05, 0.1) is 26.8 Å². The van der Waals surface area contributed by atoms with Crippen LogP contribution in [0.2, 0.25) is 0 Å². The Kier molecular flexibility index (Phi) is 10.0. The number of carbonyl (C=O) groups excluding carboxylic acids is 2. The minimum Gasteiger partial charge on any atom is -0.493 e. The number of rotatable bonds is 8. The highest BCUT2D eigenvalue weighted by Gasteiger charge is 2.19. The second kappa shape index (κ2) is 10.9. The first kappa shape index (κ1) is 24.0. The zero-order chi connectivity index (χ0) is 19.1. The summed E-state index contributed by atoms with van der Waals surface area (Å²) >= 11 is 0. The Hall–Kier alpha value is -1.99. The Bertz CT molecular complexity index is 623. The van der Waals surface area contributed by atoms with Crippen molar-refractivity contribution in [2.75, 3.05) is 27.8 Å². The normalized spacial score (nSPS) is 11.4. The van der Waals surface area contributed by atoms with Crippen molar-refractivity contribution in [1.82, 2.24) is 10.2 Å². The van der Waals surface area contributed by atoms with Crippen molar-refractivity contribution in [2.24, 2.45) is 11.7 Å². The number of ether oxygens (including phenoxy) is 2. The van der Waals surface area contributed by atoms with Gasteiger partial charge in [-0.15, -0.1) is 12.4 Å². The van der Waals surface area contributed by atoms with Gasteiger partial charge in [-0.25, -0.2) is 0 Å². The molecular formula is C18H30ClN3O4. The molecule has 148 valence electrons. The molecule has 1 atom stereocenters. The van der Waals surface area contributed by atoms with Gasteiger partial charge in [0, 0.05) is 13.6 Å². The van der Waals surface area contributed by atoms with E-state index in [-0.39, 0.29) is 36.7 Å². The number of benzene rings is 1. The summed E-state index contributed by atoms with van der Waals surface area (Å²) in [5.74, 6) is 0.757. The molecule has 1 aromatic carbocycles. The Morgan fingerprint density at radius 3 is 2.23 bits per heavy atom. The maximum Gasteiger partial charge on any atom is 0.242 e. The monoisotopic (exact) mass is 387 g/mol. The summed E-state index contributed by atoms with van der Waals surface area (Å²) in [4.78, 5) is 25.6. The van der Waals surface area contributed by atoms with Gasteiger partial charge < -0.3 is 25.4 Å². The van der Waals surface area contributed by atoms with Crippen molar-refractivity contribution in [1.29, 1.82) is 0 Å². The molecule has 1 rings (SSSR count). The van der Waals surface area contributed by atoms with Crippen molar-refractivity contribution in [3.8, 4) is 11.5 Å². The van der Waals surface area contributed by atoms with Gasteiger partial charge in [-0.3, -0.25) is 9.59 Å². The highest BCUT2D eigenvalue weighted by molar-refractivity contribution is 5.87. The number of hydrogen-bond donors (Lipinski definition) is 2. The molecule has 0 radical (unpaired) electrons. The van der Waals surface area contributed by atoms with E-state index in [4.69, 9.17) is 15.2 Å². The number of methoxy groups -OCH3 is 2. The lowest BCUT2D eigenvalue weighted by Gasteiger charge is -2.21. The highest BCUT2D eigenvalue weighted by atomic mass is 35.5. The molecule has 0 aliphatic rings. The van der Waals surface area contributed by atoms with Crippen molar-refractivity contribution >= 4 is 24.2 Å². The number of aryl methyl sites for hydroxylation is 1. The largest absolute Gasteiger partial charge is 0.493 e. The van der Waals surface area contributed by atoms with Crippen LogP contribution in [0.1, 0.15) is 25.0 Å². The predicted octanol–water partition coefficient (Wildman–Crippen LogP) is 1.49. The predicted molar refractivity (Wildman–Crippen MR) is 104 cm³/mol. The highest BCUT2D eigenvalue weighted by Crippen LogP contribution is 2.30. The minimum absolute atomic E-state index is 0. The second-order valence-electron chi connectivity index (χ2n) is 6.37. The first-order chi connectivity index (χ1) is 11.7. The number of carbonyl (C=O) groups is 2. The molecule has 0 heterocycles. The molecule has 0 saturated heterocycles. The Labute approximate surface area is 161 Å².